The summed E-state index contributed by atoms with van der Waals surface area (Å²) < 4.78 is 15.8. The van der Waals surface area contributed by atoms with E-state index in [1.54, 1.807) is 24.0 Å². The number of benzene rings is 1. The van der Waals surface area contributed by atoms with Crippen molar-refractivity contribution in [3.05, 3.63) is 48.2 Å². The van der Waals surface area contributed by atoms with Crippen LogP contribution >= 0.6 is 0 Å². The molecule has 2 aromatic heterocycles. The average Bonchev–Trinajstić information content (AvgIpc) is 3.20. The number of nitrogens with zero attached hydrogens (tertiary/aromatic N) is 5. The molecule has 2 amide bonds. The molecule has 1 aliphatic heterocycles. The molecule has 1 saturated heterocycles. The molecule has 9 heteroatoms. The summed E-state index contributed by atoms with van der Waals surface area (Å²) in [4.78, 5) is 34.6. The lowest BCUT2D eigenvalue weighted by Crippen LogP contribution is -2.42. The number of hydrogen-bond donors (Lipinski definition) is 1. The highest BCUT2D eigenvalue weighted by Crippen LogP contribution is 2.21. The summed E-state index contributed by atoms with van der Waals surface area (Å²) in [6.07, 6.45) is 5.08. The fourth-order valence-electron chi connectivity index (χ4n) is 2.98. The summed E-state index contributed by atoms with van der Waals surface area (Å²) in [6, 6.07) is 3.50. The molecule has 1 unspecified atom stereocenters. The molecule has 1 atom stereocenters. The normalized spacial score (nSPS) is 17.1. The first-order valence-corrected chi connectivity index (χ1v) is 8.05. The lowest BCUT2D eigenvalue weighted by Gasteiger charge is -2.15. The Balaban J connectivity index is 1.53. The van der Waals surface area contributed by atoms with E-state index >= 15 is 0 Å². The molecule has 4 rings (SSSR count). The first kappa shape index (κ1) is 16.1. The van der Waals surface area contributed by atoms with Gasteiger partial charge >= 0.3 is 0 Å². The Bertz CT molecular complexity index is 1020. The molecule has 3 aromatic rings. The fourth-order valence-corrected chi connectivity index (χ4v) is 2.98. The smallest absolute Gasteiger partial charge is 0.254 e. The summed E-state index contributed by atoms with van der Waals surface area (Å²) in [5, 5.41) is 6.80. The van der Waals surface area contributed by atoms with Gasteiger partial charge in [0.25, 0.3) is 11.8 Å². The molecule has 132 valence electrons. The van der Waals surface area contributed by atoms with Crippen molar-refractivity contribution in [1.82, 2.24) is 25.1 Å². The van der Waals surface area contributed by atoms with Crippen LogP contribution in [0, 0.1) is 5.82 Å². The van der Waals surface area contributed by atoms with Crippen molar-refractivity contribution >= 4 is 28.7 Å². The number of halogens is 1. The summed E-state index contributed by atoms with van der Waals surface area (Å²) in [6.45, 7) is 0.437. The number of amides is 2. The molecule has 1 aromatic carbocycles. The third-order valence-corrected chi connectivity index (χ3v) is 4.29. The van der Waals surface area contributed by atoms with Crippen molar-refractivity contribution in [2.45, 2.75) is 12.5 Å². The Morgan fingerprint density at radius 1 is 1.27 bits per heavy atom. The van der Waals surface area contributed by atoms with Crippen LogP contribution in [0.4, 0.5) is 10.2 Å². The topological polar surface area (TPSA) is 93.0 Å². The van der Waals surface area contributed by atoms with E-state index in [4.69, 9.17) is 0 Å². The van der Waals surface area contributed by atoms with Crippen molar-refractivity contribution in [2.24, 2.45) is 7.05 Å². The SMILES string of the molecule is Cn1ccc(N2CCC(NC(=O)c3cc4nccnc4cc3F)C2=O)n1. The molecule has 0 saturated carbocycles. The average molecular weight is 354 g/mol. The minimum atomic E-state index is -0.721. The molecule has 26 heavy (non-hydrogen) atoms. The number of nitrogens with one attached hydrogen (secondary N) is 1. The Morgan fingerprint density at radius 3 is 2.69 bits per heavy atom. The number of aryl methyl sites for hydroxylation is 1. The van der Waals surface area contributed by atoms with Gasteiger partial charge in [-0.3, -0.25) is 29.1 Å². The fraction of sp³-hybridized carbons (Fsp3) is 0.235. The van der Waals surface area contributed by atoms with Gasteiger partial charge in [-0.25, -0.2) is 4.39 Å². The summed E-state index contributed by atoms with van der Waals surface area (Å²) in [7, 11) is 1.76. The van der Waals surface area contributed by atoms with E-state index in [1.807, 2.05) is 0 Å². The first-order chi connectivity index (χ1) is 12.5. The molecular formula is C17H15FN6O2. The largest absolute Gasteiger partial charge is 0.340 e. The molecule has 1 aliphatic rings. The number of anilines is 1. The van der Waals surface area contributed by atoms with Crippen LogP contribution in [0.3, 0.4) is 0 Å². The van der Waals surface area contributed by atoms with Crippen LogP contribution in [0.2, 0.25) is 0 Å². The summed E-state index contributed by atoms with van der Waals surface area (Å²) in [5.74, 6) is -1.10. The second-order valence-electron chi connectivity index (χ2n) is 6.03. The van der Waals surface area contributed by atoms with E-state index in [0.29, 0.717) is 29.8 Å². The van der Waals surface area contributed by atoms with Crippen molar-refractivity contribution < 1.29 is 14.0 Å². The summed E-state index contributed by atoms with van der Waals surface area (Å²) in [5.41, 5.74) is 0.605. The van der Waals surface area contributed by atoms with Crippen LogP contribution in [-0.2, 0) is 11.8 Å². The van der Waals surface area contributed by atoms with Gasteiger partial charge in [0.15, 0.2) is 5.82 Å². The molecule has 1 fully saturated rings. The zero-order valence-electron chi connectivity index (χ0n) is 13.9. The quantitative estimate of drug-likeness (QED) is 0.759. The number of carbonyl (C=O) groups excluding carboxylic acids is 2. The van der Waals surface area contributed by atoms with Gasteiger partial charge in [0, 0.05) is 44.3 Å². The van der Waals surface area contributed by atoms with Crippen molar-refractivity contribution in [1.29, 1.82) is 0 Å². The molecule has 3 heterocycles. The molecule has 0 spiro atoms. The van der Waals surface area contributed by atoms with Gasteiger partial charge < -0.3 is 5.32 Å². The van der Waals surface area contributed by atoms with E-state index in [2.05, 4.69) is 20.4 Å². The van der Waals surface area contributed by atoms with E-state index < -0.39 is 17.8 Å². The van der Waals surface area contributed by atoms with Gasteiger partial charge in [0.1, 0.15) is 11.9 Å². The van der Waals surface area contributed by atoms with Crippen LogP contribution < -0.4 is 10.2 Å². The first-order valence-electron chi connectivity index (χ1n) is 8.05. The maximum atomic E-state index is 14.2. The van der Waals surface area contributed by atoms with E-state index in [-0.39, 0.29) is 11.5 Å². The summed E-state index contributed by atoms with van der Waals surface area (Å²) >= 11 is 0. The monoisotopic (exact) mass is 354 g/mol. The Labute approximate surface area is 147 Å². The van der Waals surface area contributed by atoms with Crippen LogP contribution in [0.15, 0.2) is 36.8 Å². The van der Waals surface area contributed by atoms with E-state index in [9.17, 15) is 14.0 Å². The second kappa shape index (κ2) is 6.17. The van der Waals surface area contributed by atoms with Crippen molar-refractivity contribution in [3.63, 3.8) is 0 Å². The lowest BCUT2D eigenvalue weighted by molar-refractivity contribution is -0.118. The number of carbonyl (C=O) groups is 2. The third-order valence-electron chi connectivity index (χ3n) is 4.29. The maximum Gasteiger partial charge on any atom is 0.254 e. The van der Waals surface area contributed by atoms with Gasteiger partial charge in [-0.15, -0.1) is 0 Å². The predicted molar refractivity (Wildman–Crippen MR) is 90.9 cm³/mol. The highest BCUT2D eigenvalue weighted by molar-refractivity contribution is 6.04. The van der Waals surface area contributed by atoms with Gasteiger partial charge in [0.2, 0.25) is 0 Å². The van der Waals surface area contributed by atoms with Gasteiger partial charge in [0.05, 0.1) is 16.6 Å². The molecule has 1 N–H and O–H groups in total. The molecule has 8 nitrogen and oxygen atoms in total. The van der Waals surface area contributed by atoms with Crippen molar-refractivity contribution in [3.8, 4) is 0 Å². The standard InChI is InChI=1S/C17H15FN6O2/c1-23-6-3-15(22-23)24-7-2-12(17(24)26)21-16(25)10-8-13-14(9-11(10)18)20-5-4-19-13/h3-6,8-9,12H,2,7H2,1H3,(H,21,25). The van der Waals surface area contributed by atoms with Crippen LogP contribution in [0.5, 0.6) is 0 Å². The minimum absolute atomic E-state index is 0.165. The second-order valence-corrected chi connectivity index (χ2v) is 6.03. The van der Waals surface area contributed by atoms with Crippen LogP contribution in [0.1, 0.15) is 16.8 Å². The number of hydrogen-bond acceptors (Lipinski definition) is 5. The predicted octanol–water partition coefficient (Wildman–Crippen LogP) is 1.04. The van der Waals surface area contributed by atoms with E-state index in [1.165, 1.54) is 23.4 Å². The Hall–Kier alpha value is -3.36. The van der Waals surface area contributed by atoms with Crippen LogP contribution in [0.25, 0.3) is 11.0 Å². The van der Waals surface area contributed by atoms with Crippen molar-refractivity contribution in [2.75, 3.05) is 11.4 Å². The number of aromatic nitrogens is 4. The number of fused-ring (bicyclic) bond motifs is 1. The van der Waals surface area contributed by atoms with E-state index in [0.717, 1.165) is 6.07 Å². The zero-order valence-corrected chi connectivity index (χ0v) is 13.9. The number of rotatable bonds is 3. The highest BCUT2D eigenvalue weighted by atomic mass is 19.1. The zero-order chi connectivity index (χ0) is 18.3. The van der Waals surface area contributed by atoms with Crippen LogP contribution in [-0.4, -0.2) is 44.1 Å². The molecule has 0 bridgehead atoms. The Morgan fingerprint density at radius 2 is 2.00 bits per heavy atom. The third kappa shape index (κ3) is 2.77. The highest BCUT2D eigenvalue weighted by Gasteiger charge is 2.35. The minimum Gasteiger partial charge on any atom is -0.340 e. The lowest BCUT2D eigenvalue weighted by atomic mass is 10.1. The molecular weight excluding hydrogens is 339 g/mol. The van der Waals surface area contributed by atoms with Gasteiger partial charge in [-0.1, -0.05) is 0 Å². The molecule has 0 aliphatic carbocycles. The van der Waals surface area contributed by atoms with Gasteiger partial charge in [-0.2, -0.15) is 5.10 Å². The van der Waals surface area contributed by atoms with Gasteiger partial charge in [-0.05, 0) is 12.5 Å². The Kier molecular flexibility index (Phi) is 3.83. The molecule has 0 radical (unpaired) electrons. The maximum absolute atomic E-state index is 14.2.